The summed E-state index contributed by atoms with van der Waals surface area (Å²) in [5, 5.41) is 0. The van der Waals surface area contributed by atoms with Gasteiger partial charge < -0.3 is 14.8 Å². The number of nitrogens with one attached hydrogen (secondary N) is 1. The van der Waals surface area contributed by atoms with Gasteiger partial charge in [0.2, 0.25) is 11.9 Å². The molecule has 2 aromatic rings. The molecule has 0 unspecified atom stereocenters. The summed E-state index contributed by atoms with van der Waals surface area (Å²) in [6.45, 7) is 7.56. The maximum absolute atomic E-state index is 12.5. The van der Waals surface area contributed by atoms with Gasteiger partial charge in [0, 0.05) is 67.7 Å². The molecule has 4 heterocycles. The fourth-order valence-corrected chi connectivity index (χ4v) is 4.54. The van der Waals surface area contributed by atoms with Gasteiger partial charge in [0.05, 0.1) is 6.33 Å². The van der Waals surface area contributed by atoms with Crippen LogP contribution in [0.25, 0.3) is 0 Å². The van der Waals surface area contributed by atoms with E-state index in [1.165, 1.54) is 6.42 Å². The SMILES string of the molecule is Cc1cc(C)nc(N2CCC[C@]3(CCC(=O)N(CCc4cnc[nH]4)C3)C2)n1. The van der Waals surface area contributed by atoms with E-state index in [1.54, 1.807) is 6.33 Å². The van der Waals surface area contributed by atoms with Crippen LogP contribution >= 0.6 is 0 Å². The largest absolute Gasteiger partial charge is 0.348 e. The fourth-order valence-electron chi connectivity index (χ4n) is 4.54. The number of aryl methyl sites for hydroxylation is 2. The topological polar surface area (TPSA) is 78.0 Å². The number of aromatic amines is 1. The highest BCUT2D eigenvalue weighted by Gasteiger charge is 2.42. The number of rotatable bonds is 4. The van der Waals surface area contributed by atoms with Crippen LogP contribution in [0, 0.1) is 19.3 Å². The van der Waals surface area contributed by atoms with E-state index in [0.717, 1.165) is 68.5 Å². The summed E-state index contributed by atoms with van der Waals surface area (Å²) < 4.78 is 0. The Morgan fingerprint density at radius 2 is 2.00 bits per heavy atom. The summed E-state index contributed by atoms with van der Waals surface area (Å²) in [7, 11) is 0. The molecular formula is C20H28N6O. The van der Waals surface area contributed by atoms with E-state index < -0.39 is 0 Å². The van der Waals surface area contributed by atoms with Gasteiger partial charge in [-0.05, 0) is 39.2 Å². The molecule has 27 heavy (non-hydrogen) atoms. The molecule has 2 fully saturated rings. The third-order valence-corrected chi connectivity index (χ3v) is 5.87. The molecule has 2 saturated heterocycles. The number of anilines is 1. The van der Waals surface area contributed by atoms with Crippen molar-refractivity contribution in [1.29, 1.82) is 0 Å². The Balaban J connectivity index is 1.47. The van der Waals surface area contributed by atoms with E-state index in [9.17, 15) is 4.79 Å². The lowest BCUT2D eigenvalue weighted by Gasteiger charge is -2.48. The Hall–Kier alpha value is -2.44. The summed E-state index contributed by atoms with van der Waals surface area (Å²) >= 11 is 0. The van der Waals surface area contributed by atoms with Crippen LogP contribution in [0.4, 0.5) is 5.95 Å². The second-order valence-corrected chi connectivity index (χ2v) is 8.12. The van der Waals surface area contributed by atoms with Crippen molar-refractivity contribution in [3.05, 3.63) is 35.7 Å². The van der Waals surface area contributed by atoms with Crippen molar-refractivity contribution in [2.75, 3.05) is 31.1 Å². The second kappa shape index (κ2) is 7.29. The Morgan fingerprint density at radius 1 is 1.19 bits per heavy atom. The highest BCUT2D eigenvalue weighted by molar-refractivity contribution is 5.77. The number of hydrogen-bond donors (Lipinski definition) is 1. The van der Waals surface area contributed by atoms with Crippen molar-refractivity contribution in [2.45, 2.75) is 46.0 Å². The van der Waals surface area contributed by atoms with Gasteiger partial charge in [-0.15, -0.1) is 0 Å². The highest BCUT2D eigenvalue weighted by Crippen LogP contribution is 2.39. The molecule has 2 aliphatic rings. The number of carbonyl (C=O) groups excluding carboxylic acids is 1. The van der Waals surface area contributed by atoms with E-state index in [1.807, 2.05) is 26.1 Å². The minimum atomic E-state index is 0.154. The predicted octanol–water partition coefficient (Wildman–Crippen LogP) is 2.27. The number of likely N-dealkylation sites (tertiary alicyclic amines) is 1. The third kappa shape index (κ3) is 3.96. The zero-order valence-electron chi connectivity index (χ0n) is 16.2. The minimum absolute atomic E-state index is 0.154. The number of imidazole rings is 1. The monoisotopic (exact) mass is 368 g/mol. The van der Waals surface area contributed by atoms with Crippen molar-refractivity contribution in [2.24, 2.45) is 5.41 Å². The smallest absolute Gasteiger partial charge is 0.225 e. The molecule has 4 rings (SSSR count). The lowest BCUT2D eigenvalue weighted by molar-refractivity contribution is -0.137. The molecule has 0 aromatic carbocycles. The van der Waals surface area contributed by atoms with E-state index in [-0.39, 0.29) is 11.3 Å². The highest BCUT2D eigenvalue weighted by atomic mass is 16.2. The standard InChI is InChI=1S/C20H28N6O/c1-15-10-16(2)24-19(23-15)26-8-3-6-20(13-26)7-4-18(27)25(12-20)9-5-17-11-21-14-22-17/h10-11,14H,3-9,12-13H2,1-2H3,(H,21,22)/t20-/m1/s1. The molecule has 0 radical (unpaired) electrons. The maximum Gasteiger partial charge on any atom is 0.225 e. The Bertz CT molecular complexity index is 785. The summed E-state index contributed by atoms with van der Waals surface area (Å²) in [5.74, 6) is 1.12. The van der Waals surface area contributed by atoms with Crippen LogP contribution in [0.15, 0.2) is 18.6 Å². The van der Waals surface area contributed by atoms with Crippen molar-refractivity contribution in [1.82, 2.24) is 24.8 Å². The zero-order chi connectivity index (χ0) is 18.9. The van der Waals surface area contributed by atoms with Gasteiger partial charge in [-0.25, -0.2) is 15.0 Å². The Labute approximate surface area is 160 Å². The number of amides is 1. The summed E-state index contributed by atoms with van der Waals surface area (Å²) in [6.07, 6.45) is 8.26. The van der Waals surface area contributed by atoms with E-state index in [2.05, 4.69) is 29.7 Å². The molecule has 7 heteroatoms. The summed E-state index contributed by atoms with van der Waals surface area (Å²) in [4.78, 5) is 33.4. The van der Waals surface area contributed by atoms with Crippen molar-refractivity contribution >= 4 is 11.9 Å². The molecule has 144 valence electrons. The number of hydrogen-bond acceptors (Lipinski definition) is 5. The number of aromatic nitrogens is 4. The lowest BCUT2D eigenvalue weighted by atomic mass is 9.73. The van der Waals surface area contributed by atoms with Crippen LogP contribution in [0.2, 0.25) is 0 Å². The minimum Gasteiger partial charge on any atom is -0.348 e. The first-order valence-electron chi connectivity index (χ1n) is 9.85. The van der Waals surface area contributed by atoms with Gasteiger partial charge in [-0.1, -0.05) is 0 Å². The average molecular weight is 368 g/mol. The number of H-pyrrole nitrogens is 1. The normalized spacial score (nSPS) is 23.3. The number of nitrogens with zero attached hydrogens (tertiary/aromatic N) is 5. The van der Waals surface area contributed by atoms with Gasteiger partial charge in [-0.3, -0.25) is 4.79 Å². The molecule has 7 nitrogen and oxygen atoms in total. The number of carbonyl (C=O) groups is 1. The van der Waals surface area contributed by atoms with Crippen LogP contribution in [0.1, 0.15) is 42.8 Å². The maximum atomic E-state index is 12.5. The number of piperidine rings is 2. The van der Waals surface area contributed by atoms with Crippen LogP contribution in [0.3, 0.4) is 0 Å². The molecule has 1 N–H and O–H groups in total. The predicted molar refractivity (Wildman–Crippen MR) is 103 cm³/mol. The van der Waals surface area contributed by atoms with Crippen molar-refractivity contribution in [3.8, 4) is 0 Å². The van der Waals surface area contributed by atoms with Crippen LogP contribution < -0.4 is 4.90 Å². The fraction of sp³-hybridized carbons (Fsp3) is 0.600. The summed E-state index contributed by atoms with van der Waals surface area (Å²) in [5.41, 5.74) is 3.26. The van der Waals surface area contributed by atoms with Gasteiger partial charge in [0.1, 0.15) is 0 Å². The first-order valence-corrected chi connectivity index (χ1v) is 9.85. The molecule has 2 aromatic heterocycles. The quantitative estimate of drug-likeness (QED) is 0.896. The second-order valence-electron chi connectivity index (χ2n) is 8.12. The molecular weight excluding hydrogens is 340 g/mol. The first kappa shape index (κ1) is 17.9. The third-order valence-electron chi connectivity index (χ3n) is 5.87. The molecule has 0 aliphatic carbocycles. The molecule has 0 saturated carbocycles. The lowest BCUT2D eigenvalue weighted by Crippen LogP contribution is -2.54. The first-order chi connectivity index (χ1) is 13.0. The van der Waals surface area contributed by atoms with Crippen molar-refractivity contribution in [3.63, 3.8) is 0 Å². The Kier molecular flexibility index (Phi) is 4.85. The van der Waals surface area contributed by atoms with Gasteiger partial charge in [0.25, 0.3) is 0 Å². The molecule has 1 spiro atoms. The van der Waals surface area contributed by atoms with Gasteiger partial charge >= 0.3 is 0 Å². The van der Waals surface area contributed by atoms with E-state index in [0.29, 0.717) is 6.42 Å². The van der Waals surface area contributed by atoms with Crippen LogP contribution in [0.5, 0.6) is 0 Å². The van der Waals surface area contributed by atoms with Gasteiger partial charge in [-0.2, -0.15) is 0 Å². The zero-order valence-corrected chi connectivity index (χ0v) is 16.2. The molecule has 0 bridgehead atoms. The van der Waals surface area contributed by atoms with E-state index in [4.69, 9.17) is 0 Å². The van der Waals surface area contributed by atoms with Crippen molar-refractivity contribution < 1.29 is 4.79 Å². The summed E-state index contributed by atoms with van der Waals surface area (Å²) in [6, 6.07) is 2.01. The van der Waals surface area contributed by atoms with E-state index >= 15 is 0 Å². The molecule has 1 amide bonds. The van der Waals surface area contributed by atoms with Crippen LogP contribution in [-0.4, -0.2) is 56.9 Å². The Morgan fingerprint density at radius 3 is 2.74 bits per heavy atom. The molecule has 1 atom stereocenters. The average Bonchev–Trinajstić information content (AvgIpc) is 3.16. The van der Waals surface area contributed by atoms with Crippen LogP contribution in [-0.2, 0) is 11.2 Å². The van der Waals surface area contributed by atoms with Gasteiger partial charge in [0.15, 0.2) is 0 Å². The molecule has 2 aliphatic heterocycles.